The third-order valence-corrected chi connectivity index (χ3v) is 13.6. The van der Waals surface area contributed by atoms with Gasteiger partial charge in [0.1, 0.15) is 29.0 Å². The molecule has 2 amide bonds. The second-order valence-corrected chi connectivity index (χ2v) is 18.2. The summed E-state index contributed by atoms with van der Waals surface area (Å²) in [6, 6.07) is 2.95. The van der Waals surface area contributed by atoms with Crippen LogP contribution in [-0.2, 0) is 23.8 Å². The number of benzene rings is 3. The Morgan fingerprint density at radius 3 is 2.10 bits per heavy atom. The fourth-order valence-electron chi connectivity index (χ4n) is 8.47. The molecule has 0 saturated carbocycles. The fourth-order valence-corrected chi connectivity index (χ4v) is 9.41. The largest absolute Gasteiger partial charge is 0.507 e. The molecule has 3 aromatic rings. The van der Waals surface area contributed by atoms with Gasteiger partial charge in [-0.3, -0.25) is 19.2 Å². The molecule has 0 unspecified atom stereocenters. The van der Waals surface area contributed by atoms with Crippen molar-refractivity contribution in [1.29, 1.82) is 0 Å². The number of aliphatic hydroxyl groups is 2. The van der Waals surface area contributed by atoms with Crippen molar-refractivity contribution in [2.45, 2.75) is 90.5 Å². The smallest absolute Gasteiger partial charge is 0.312 e. The quantitative estimate of drug-likeness (QED) is 0.0387. The molecule has 3 heterocycles. The van der Waals surface area contributed by atoms with Crippen molar-refractivity contribution >= 4 is 51.8 Å². The lowest BCUT2D eigenvalue weighted by Crippen LogP contribution is -2.46. The number of Topliss-reactive ketones (excluding diaryl/α,β-unsaturated/α-hetero) is 1. The van der Waals surface area contributed by atoms with Crippen LogP contribution in [0.1, 0.15) is 74.7 Å². The Morgan fingerprint density at radius 2 is 1.51 bits per heavy atom. The number of ether oxygens (including phenoxy) is 7. The molecule has 18 nitrogen and oxygen atoms in total. The van der Waals surface area contributed by atoms with Crippen LogP contribution in [0.5, 0.6) is 40.2 Å². The Hall–Kier alpha value is -6.15. The third kappa shape index (κ3) is 10.4. The van der Waals surface area contributed by atoms with Crippen LogP contribution in [0, 0.1) is 30.6 Å². The van der Waals surface area contributed by atoms with E-state index in [2.05, 4.69) is 10.6 Å². The monoisotopic (exact) mass is 966 g/mol. The van der Waals surface area contributed by atoms with Crippen molar-refractivity contribution in [2.75, 3.05) is 46.1 Å². The van der Waals surface area contributed by atoms with Crippen molar-refractivity contribution < 1.29 is 77.9 Å². The molecule has 68 heavy (non-hydrogen) atoms. The van der Waals surface area contributed by atoms with Gasteiger partial charge in [-0.25, -0.2) is 0 Å². The molecule has 3 aromatic carbocycles. The van der Waals surface area contributed by atoms with Crippen LogP contribution in [0.15, 0.2) is 53.2 Å². The molecule has 0 aliphatic carbocycles. The number of rotatable bonds is 10. The minimum absolute atomic E-state index is 0.0106. The number of fused-ring (bicyclic) bond motifs is 14. The third-order valence-electron chi connectivity index (χ3n) is 12.5. The van der Waals surface area contributed by atoms with Gasteiger partial charge >= 0.3 is 11.8 Å². The van der Waals surface area contributed by atoms with Gasteiger partial charge in [0.25, 0.3) is 17.6 Å². The summed E-state index contributed by atoms with van der Waals surface area (Å²) in [4.78, 5) is 54.1. The Balaban J connectivity index is 1.63. The predicted molar refractivity (Wildman–Crippen MR) is 253 cm³/mol. The normalized spacial score (nSPS) is 27.3. The standard InChI is InChI=1S/C49H62N2O16S/c1-22-14-13-15-23(2)47(59)51-36-40(56)34-33(41(57)45(36)68-19-17-50-48(60)29-20-31(62-10)44(64-12)32(21-29)63-11)35-43(27(6)39(34)55)67-49(8,46(35)58)65-18-16-30(61-9)24(3)42(66-28(7)52)26(5)38(54)25(4)37(22)53/h13-16,18,20-22,24-26,30,37-38,42,53-57H,17,19H2,1-12H3,(H,50,60)(H,51,59)/b14-13+,18-16+,23-15-/t22-,24-,25-,26+,30+,37+,38+,42-,49+/m1/s1. The van der Waals surface area contributed by atoms with Crippen molar-refractivity contribution in [1.82, 2.24) is 5.32 Å². The number of hydrogen-bond acceptors (Lipinski definition) is 17. The number of carbonyl (C=O) groups is 4. The Morgan fingerprint density at radius 1 is 0.868 bits per heavy atom. The van der Waals surface area contributed by atoms with Crippen LogP contribution in [-0.4, -0.2) is 120 Å². The molecule has 9 atom stereocenters. The molecule has 19 heteroatoms. The molecule has 3 aliphatic heterocycles. The van der Waals surface area contributed by atoms with Crippen LogP contribution < -0.4 is 29.6 Å². The van der Waals surface area contributed by atoms with E-state index in [9.17, 15) is 44.7 Å². The van der Waals surface area contributed by atoms with Gasteiger partial charge in [-0.2, -0.15) is 0 Å². The lowest BCUT2D eigenvalue weighted by molar-refractivity contribution is -0.160. The van der Waals surface area contributed by atoms with Gasteiger partial charge in [-0.15, -0.1) is 11.8 Å². The predicted octanol–water partition coefficient (Wildman–Crippen LogP) is 6.30. The molecule has 7 N–H and O–H groups in total. The first-order chi connectivity index (χ1) is 32.1. The number of allylic oxidation sites excluding steroid dienone is 2. The van der Waals surface area contributed by atoms with Crippen LogP contribution in [0.2, 0.25) is 0 Å². The number of esters is 1. The topological polar surface area (TPSA) is 258 Å². The van der Waals surface area contributed by atoms with Gasteiger partial charge in [-0.1, -0.05) is 45.9 Å². The number of methoxy groups -OCH3 is 4. The van der Waals surface area contributed by atoms with Crippen molar-refractivity contribution in [3.05, 3.63) is 65.0 Å². The number of amides is 2. The van der Waals surface area contributed by atoms with E-state index < -0.39 is 94.7 Å². The van der Waals surface area contributed by atoms with E-state index in [1.165, 1.54) is 86.7 Å². The van der Waals surface area contributed by atoms with Gasteiger partial charge in [-0.05, 0) is 32.1 Å². The van der Waals surface area contributed by atoms with Gasteiger partial charge in [0.2, 0.25) is 5.75 Å². The van der Waals surface area contributed by atoms with E-state index in [1.54, 1.807) is 39.8 Å². The zero-order chi connectivity index (χ0) is 50.5. The maximum atomic E-state index is 14.6. The summed E-state index contributed by atoms with van der Waals surface area (Å²) in [5.74, 6) is -8.53. The van der Waals surface area contributed by atoms with Gasteiger partial charge in [0, 0.05) is 79.0 Å². The molecule has 0 radical (unpaired) electrons. The minimum atomic E-state index is -2.10. The van der Waals surface area contributed by atoms with Gasteiger partial charge < -0.3 is 69.3 Å². The Kier molecular flexibility index (Phi) is 17.0. The first kappa shape index (κ1) is 52.8. The number of anilines is 1. The van der Waals surface area contributed by atoms with Crippen LogP contribution in [0.3, 0.4) is 0 Å². The summed E-state index contributed by atoms with van der Waals surface area (Å²) in [7, 11) is 5.68. The molecule has 6 rings (SSSR count). The number of aliphatic hydroxyl groups excluding tert-OH is 2. The molecule has 0 saturated heterocycles. The van der Waals surface area contributed by atoms with Crippen LogP contribution in [0.4, 0.5) is 5.69 Å². The number of hydrogen-bond donors (Lipinski definition) is 7. The number of ketones is 1. The summed E-state index contributed by atoms with van der Waals surface area (Å²) in [5.41, 5.74) is -0.215. The zero-order valence-electron chi connectivity index (χ0n) is 40.2. The number of phenols is 3. The molecular weight excluding hydrogens is 905 g/mol. The van der Waals surface area contributed by atoms with E-state index in [0.29, 0.717) is 5.75 Å². The molecule has 0 aromatic heterocycles. The highest BCUT2D eigenvalue weighted by atomic mass is 32.2. The average molecular weight is 967 g/mol. The van der Waals surface area contributed by atoms with Crippen LogP contribution in [0.25, 0.3) is 10.8 Å². The number of nitrogens with one attached hydrogen (secondary N) is 2. The SMILES string of the molecule is COc1cc(C(=O)NCCSc2c3c(O)c4c(O)c(C)c5c(c4c2O)C(=O)[C@@](C)(O/C=C/[C@H](OC)[C@@H](C)[C@@H](OC(C)=O)[C@@H](C)[C@@H](O)[C@H](C)[C@@H](O)[C@H](C)/C=C/C=C(/C)C(=O)N3)O5)cc(OC)c1OC. The molecule has 3 aliphatic rings. The lowest BCUT2D eigenvalue weighted by Gasteiger charge is -2.38. The second kappa shape index (κ2) is 21.9. The molecule has 0 fully saturated rings. The highest BCUT2D eigenvalue weighted by Crippen LogP contribution is 2.57. The summed E-state index contributed by atoms with van der Waals surface area (Å²) in [6.45, 7) is 12.3. The van der Waals surface area contributed by atoms with Gasteiger partial charge in [0.15, 0.2) is 17.2 Å². The summed E-state index contributed by atoms with van der Waals surface area (Å²) >= 11 is 0.921. The highest BCUT2D eigenvalue weighted by molar-refractivity contribution is 7.99. The van der Waals surface area contributed by atoms with E-state index >= 15 is 0 Å². The highest BCUT2D eigenvalue weighted by Gasteiger charge is 2.50. The minimum Gasteiger partial charge on any atom is -0.507 e. The van der Waals surface area contributed by atoms with Gasteiger partial charge in [0.05, 0.1) is 61.7 Å². The summed E-state index contributed by atoms with van der Waals surface area (Å²) in [5, 5.41) is 63.7. The van der Waals surface area contributed by atoms with E-state index in [1.807, 2.05) is 0 Å². The van der Waals surface area contributed by atoms with Crippen molar-refractivity contribution in [3.8, 4) is 40.2 Å². The van der Waals surface area contributed by atoms with E-state index in [4.69, 9.17) is 33.2 Å². The fraction of sp³-hybridized carbons (Fsp3) is 0.469. The molecule has 5 bridgehead atoms. The summed E-state index contributed by atoms with van der Waals surface area (Å²) < 4.78 is 39.8. The number of carbonyl (C=O) groups excluding carboxylic acids is 4. The van der Waals surface area contributed by atoms with E-state index in [0.717, 1.165) is 11.8 Å². The lowest BCUT2D eigenvalue weighted by atomic mass is 9.78. The molecular formula is C49H62N2O16S. The maximum Gasteiger partial charge on any atom is 0.312 e. The summed E-state index contributed by atoms with van der Waals surface area (Å²) in [6.07, 6.45) is 3.29. The zero-order valence-corrected chi connectivity index (χ0v) is 41.0. The Bertz CT molecular complexity index is 2500. The maximum absolute atomic E-state index is 14.6. The first-order valence-corrected chi connectivity index (χ1v) is 22.9. The number of aromatic hydroxyl groups is 3. The average Bonchev–Trinajstić information content (AvgIpc) is 3.58. The Labute approximate surface area is 399 Å². The second-order valence-electron chi connectivity index (χ2n) is 17.1. The number of thioether (sulfide) groups is 1. The number of phenolic OH excluding ortho intramolecular Hbond substituents is 3. The van der Waals surface area contributed by atoms with E-state index in [-0.39, 0.29) is 73.2 Å². The van der Waals surface area contributed by atoms with Crippen molar-refractivity contribution in [3.63, 3.8) is 0 Å². The first-order valence-electron chi connectivity index (χ1n) is 21.9. The molecule has 370 valence electrons. The van der Waals surface area contributed by atoms with Crippen LogP contribution >= 0.6 is 11.8 Å². The van der Waals surface area contributed by atoms with Crippen molar-refractivity contribution in [2.24, 2.45) is 23.7 Å². The molecule has 0 spiro atoms.